The fourth-order valence-corrected chi connectivity index (χ4v) is 4.02. The molecule has 3 rings (SSSR count). The topological polar surface area (TPSA) is 54.9 Å². The summed E-state index contributed by atoms with van der Waals surface area (Å²) < 4.78 is 1.39. The van der Waals surface area contributed by atoms with E-state index in [1.807, 2.05) is 32.0 Å². The van der Waals surface area contributed by atoms with E-state index in [0.717, 1.165) is 36.1 Å². The molecular formula is C20H26N2O2. The number of aromatic nitrogens is 2. The lowest BCUT2D eigenvalue weighted by Crippen LogP contribution is -2.46. The summed E-state index contributed by atoms with van der Waals surface area (Å²) in [5.74, 6) is 0.246. The van der Waals surface area contributed by atoms with Gasteiger partial charge in [0.2, 0.25) is 0 Å². The van der Waals surface area contributed by atoms with Gasteiger partial charge in [0.15, 0.2) is 0 Å². The Bertz CT molecular complexity index is 870. The summed E-state index contributed by atoms with van der Waals surface area (Å²) in [6.07, 6.45) is 2.62. The van der Waals surface area contributed by atoms with Crippen LogP contribution in [0.25, 0.3) is 11.3 Å². The van der Waals surface area contributed by atoms with Crippen molar-refractivity contribution in [2.45, 2.75) is 58.9 Å². The third-order valence-corrected chi connectivity index (χ3v) is 5.43. The molecule has 1 aliphatic carbocycles. The van der Waals surface area contributed by atoms with Crippen molar-refractivity contribution in [2.24, 2.45) is 5.92 Å². The zero-order valence-electron chi connectivity index (χ0n) is 15.0. The van der Waals surface area contributed by atoms with Crippen LogP contribution in [0.2, 0.25) is 0 Å². The van der Waals surface area contributed by atoms with Crippen LogP contribution in [0.5, 0.6) is 0 Å². The molecule has 4 heteroatoms. The first-order valence-electron chi connectivity index (χ1n) is 8.89. The molecule has 0 radical (unpaired) electrons. The molecule has 1 N–H and O–H groups in total. The molecule has 0 unspecified atom stereocenters. The van der Waals surface area contributed by atoms with Crippen LogP contribution < -0.4 is 11.2 Å². The molecule has 0 amide bonds. The second kappa shape index (κ2) is 6.08. The Morgan fingerprint density at radius 2 is 1.83 bits per heavy atom. The van der Waals surface area contributed by atoms with Gasteiger partial charge in [-0.1, -0.05) is 52.0 Å². The number of rotatable bonds is 4. The van der Waals surface area contributed by atoms with E-state index in [1.54, 1.807) is 0 Å². The van der Waals surface area contributed by atoms with E-state index in [2.05, 4.69) is 24.9 Å². The van der Waals surface area contributed by atoms with Crippen LogP contribution in [0.15, 0.2) is 33.9 Å². The first kappa shape index (κ1) is 16.7. The predicted molar refractivity (Wildman–Crippen MR) is 97.6 cm³/mol. The number of aromatic amines is 1. The van der Waals surface area contributed by atoms with Gasteiger partial charge in [-0.15, -0.1) is 0 Å². The predicted octanol–water partition coefficient (Wildman–Crippen LogP) is 3.47. The minimum Gasteiger partial charge on any atom is -0.306 e. The molecule has 0 bridgehead atoms. The highest BCUT2D eigenvalue weighted by atomic mass is 16.2. The van der Waals surface area contributed by atoms with Gasteiger partial charge in [0, 0.05) is 23.1 Å². The standard InChI is InChI=1S/C20H26N2O2/c1-5-20(6-2)11-14-9-7-8-10-15(14)17-16(20)18(23)22(12-13(3)4)19(24)21-17/h7-10,13H,5-6,11-12H2,1-4H3,(H,21,24). The molecule has 1 heterocycles. The van der Waals surface area contributed by atoms with Crippen molar-refractivity contribution in [3.63, 3.8) is 0 Å². The maximum Gasteiger partial charge on any atom is 0.328 e. The number of nitrogens with one attached hydrogen (secondary N) is 1. The molecule has 24 heavy (non-hydrogen) atoms. The van der Waals surface area contributed by atoms with Gasteiger partial charge < -0.3 is 4.98 Å². The Hall–Kier alpha value is -2.10. The van der Waals surface area contributed by atoms with E-state index >= 15 is 0 Å². The quantitative estimate of drug-likeness (QED) is 0.935. The molecule has 128 valence electrons. The van der Waals surface area contributed by atoms with Crippen molar-refractivity contribution in [3.8, 4) is 11.3 Å². The van der Waals surface area contributed by atoms with Crippen molar-refractivity contribution in [3.05, 3.63) is 56.2 Å². The van der Waals surface area contributed by atoms with Crippen LogP contribution >= 0.6 is 0 Å². The molecule has 4 nitrogen and oxygen atoms in total. The van der Waals surface area contributed by atoms with Gasteiger partial charge in [-0.2, -0.15) is 0 Å². The Balaban J connectivity index is 2.39. The van der Waals surface area contributed by atoms with Crippen LogP contribution in [0.4, 0.5) is 0 Å². The fourth-order valence-electron chi connectivity index (χ4n) is 4.02. The maximum absolute atomic E-state index is 13.3. The number of nitrogens with zero attached hydrogens (tertiary/aromatic N) is 1. The zero-order valence-corrected chi connectivity index (χ0v) is 15.0. The number of benzene rings is 1. The van der Waals surface area contributed by atoms with Gasteiger partial charge in [0.25, 0.3) is 5.56 Å². The van der Waals surface area contributed by atoms with E-state index in [9.17, 15) is 9.59 Å². The van der Waals surface area contributed by atoms with Crippen LogP contribution in [0.1, 0.15) is 51.7 Å². The SMILES string of the molecule is CCC1(CC)Cc2ccccc2-c2[nH]c(=O)n(CC(C)C)c(=O)c21. The molecule has 1 aromatic carbocycles. The van der Waals surface area contributed by atoms with Crippen molar-refractivity contribution >= 4 is 0 Å². The van der Waals surface area contributed by atoms with Gasteiger partial charge >= 0.3 is 5.69 Å². The van der Waals surface area contributed by atoms with Crippen molar-refractivity contribution in [2.75, 3.05) is 0 Å². The summed E-state index contributed by atoms with van der Waals surface area (Å²) >= 11 is 0. The van der Waals surface area contributed by atoms with Crippen LogP contribution in [0.3, 0.4) is 0 Å². The molecule has 0 atom stereocenters. The Labute approximate surface area is 142 Å². The molecule has 0 spiro atoms. The Morgan fingerprint density at radius 1 is 1.17 bits per heavy atom. The first-order chi connectivity index (χ1) is 11.4. The van der Waals surface area contributed by atoms with Gasteiger partial charge in [0.1, 0.15) is 0 Å². The lowest BCUT2D eigenvalue weighted by molar-refractivity contribution is 0.374. The minimum atomic E-state index is -0.301. The first-order valence-corrected chi connectivity index (χ1v) is 8.89. The summed E-state index contributed by atoms with van der Waals surface area (Å²) in [5.41, 5.74) is 3.12. The van der Waals surface area contributed by atoms with Crippen molar-refractivity contribution in [1.82, 2.24) is 9.55 Å². The molecule has 0 saturated heterocycles. The monoisotopic (exact) mass is 326 g/mol. The molecule has 1 aromatic heterocycles. The number of H-pyrrole nitrogens is 1. The van der Waals surface area contributed by atoms with Gasteiger partial charge in [-0.3, -0.25) is 9.36 Å². The Morgan fingerprint density at radius 3 is 2.46 bits per heavy atom. The van der Waals surface area contributed by atoms with E-state index in [1.165, 1.54) is 10.1 Å². The highest BCUT2D eigenvalue weighted by Crippen LogP contribution is 2.43. The Kier molecular flexibility index (Phi) is 4.24. The molecule has 0 aliphatic heterocycles. The molecule has 2 aromatic rings. The third kappa shape index (κ3) is 2.45. The van der Waals surface area contributed by atoms with Gasteiger partial charge in [-0.05, 0) is 30.7 Å². The summed E-state index contributed by atoms with van der Waals surface area (Å²) in [6, 6.07) is 8.10. The van der Waals surface area contributed by atoms with E-state index in [0.29, 0.717) is 6.54 Å². The lowest BCUT2D eigenvalue weighted by atomic mass is 9.66. The number of fused-ring (bicyclic) bond motifs is 3. The van der Waals surface area contributed by atoms with E-state index < -0.39 is 0 Å². The van der Waals surface area contributed by atoms with E-state index in [4.69, 9.17) is 0 Å². The average Bonchev–Trinajstić information content (AvgIpc) is 2.57. The summed E-state index contributed by atoms with van der Waals surface area (Å²) in [5, 5.41) is 0. The minimum absolute atomic E-state index is 0.111. The summed E-state index contributed by atoms with van der Waals surface area (Å²) in [7, 11) is 0. The summed E-state index contributed by atoms with van der Waals surface area (Å²) in [4.78, 5) is 28.8. The zero-order chi connectivity index (χ0) is 17.5. The van der Waals surface area contributed by atoms with E-state index in [-0.39, 0.29) is 22.6 Å². The number of hydrogen-bond acceptors (Lipinski definition) is 2. The van der Waals surface area contributed by atoms with Crippen molar-refractivity contribution < 1.29 is 0 Å². The third-order valence-electron chi connectivity index (χ3n) is 5.43. The van der Waals surface area contributed by atoms with Crippen LogP contribution in [-0.4, -0.2) is 9.55 Å². The fraction of sp³-hybridized carbons (Fsp3) is 0.500. The van der Waals surface area contributed by atoms with Crippen LogP contribution in [0, 0.1) is 5.92 Å². The molecular weight excluding hydrogens is 300 g/mol. The second-order valence-electron chi connectivity index (χ2n) is 7.31. The van der Waals surface area contributed by atoms with Gasteiger partial charge in [0.05, 0.1) is 5.69 Å². The molecule has 1 aliphatic rings. The molecule has 0 fully saturated rings. The highest BCUT2D eigenvalue weighted by molar-refractivity contribution is 5.71. The number of hydrogen-bond donors (Lipinski definition) is 1. The van der Waals surface area contributed by atoms with Gasteiger partial charge in [-0.25, -0.2) is 4.79 Å². The summed E-state index contributed by atoms with van der Waals surface area (Å²) in [6.45, 7) is 8.77. The lowest BCUT2D eigenvalue weighted by Gasteiger charge is -2.38. The maximum atomic E-state index is 13.3. The molecule has 0 saturated carbocycles. The smallest absolute Gasteiger partial charge is 0.306 e. The van der Waals surface area contributed by atoms with Crippen molar-refractivity contribution in [1.29, 1.82) is 0 Å². The normalized spacial score (nSPS) is 15.2. The average molecular weight is 326 g/mol. The largest absolute Gasteiger partial charge is 0.328 e. The second-order valence-corrected chi connectivity index (χ2v) is 7.31. The highest BCUT2D eigenvalue weighted by Gasteiger charge is 2.39. The van der Waals surface area contributed by atoms with Crippen LogP contribution in [-0.2, 0) is 18.4 Å².